The second-order valence-corrected chi connectivity index (χ2v) is 4.30. The highest BCUT2D eigenvalue weighted by molar-refractivity contribution is 7.99. The number of ether oxygens (including phenoxy) is 1. The van der Waals surface area contributed by atoms with E-state index in [0.29, 0.717) is 10.5 Å². The summed E-state index contributed by atoms with van der Waals surface area (Å²) in [7, 11) is 0. The summed E-state index contributed by atoms with van der Waals surface area (Å²) in [6, 6.07) is 9.07. The number of nitrogens with zero attached hydrogens (tertiary/aromatic N) is 3. The molecule has 96 valence electrons. The number of nitriles is 1. The molecule has 0 bridgehead atoms. The minimum atomic E-state index is -0.657. The van der Waals surface area contributed by atoms with Gasteiger partial charge in [-0.15, -0.1) is 5.10 Å². The predicted octanol–water partition coefficient (Wildman–Crippen LogP) is 2.27. The summed E-state index contributed by atoms with van der Waals surface area (Å²) in [6.45, 7) is 1.92. The van der Waals surface area contributed by atoms with Gasteiger partial charge in [-0.1, -0.05) is 17.2 Å². The number of aromatic nitrogens is 2. The summed E-state index contributed by atoms with van der Waals surface area (Å²) in [4.78, 5) is 12.0. The third-order valence-electron chi connectivity index (χ3n) is 2.06. The van der Waals surface area contributed by atoms with Gasteiger partial charge in [0.1, 0.15) is 6.07 Å². The lowest BCUT2D eigenvalue weighted by Crippen LogP contribution is -2.04. The van der Waals surface area contributed by atoms with Crippen LogP contribution in [-0.4, -0.2) is 22.8 Å². The zero-order valence-electron chi connectivity index (χ0n) is 9.99. The Labute approximate surface area is 113 Å². The van der Waals surface area contributed by atoms with Gasteiger partial charge >= 0.3 is 11.9 Å². The zero-order valence-corrected chi connectivity index (χ0v) is 10.8. The number of carbonyl (C=O) groups excluding carboxylic acids is 1. The molecule has 2 aromatic rings. The van der Waals surface area contributed by atoms with Crippen molar-refractivity contribution in [3.63, 3.8) is 0 Å². The number of esters is 1. The van der Waals surface area contributed by atoms with E-state index < -0.39 is 5.97 Å². The molecular formula is C12H9N3O3S. The molecule has 0 aliphatic carbocycles. The molecule has 0 aliphatic rings. The fourth-order valence-electron chi connectivity index (χ4n) is 1.27. The highest BCUT2D eigenvalue weighted by Crippen LogP contribution is 2.29. The maximum absolute atomic E-state index is 11.4. The zero-order chi connectivity index (χ0) is 13.7. The van der Waals surface area contributed by atoms with E-state index in [2.05, 4.69) is 16.3 Å². The molecule has 0 fully saturated rings. The first-order valence-corrected chi connectivity index (χ1v) is 6.24. The van der Waals surface area contributed by atoms with E-state index in [1.807, 2.05) is 0 Å². The minimum absolute atomic E-state index is 0.186. The van der Waals surface area contributed by atoms with Gasteiger partial charge in [-0.2, -0.15) is 5.26 Å². The molecule has 2 rings (SSSR count). The van der Waals surface area contributed by atoms with Crippen molar-refractivity contribution < 1.29 is 13.9 Å². The highest BCUT2D eigenvalue weighted by Gasteiger charge is 2.17. The summed E-state index contributed by atoms with van der Waals surface area (Å²) in [6.07, 6.45) is 0. The molecule has 0 N–H and O–H groups in total. The lowest BCUT2D eigenvalue weighted by molar-refractivity contribution is 0.0475. The molecule has 0 saturated carbocycles. The second-order valence-electron chi connectivity index (χ2n) is 3.30. The predicted molar refractivity (Wildman–Crippen MR) is 65.5 cm³/mol. The lowest BCUT2D eigenvalue weighted by atomic mass is 10.2. The molecule has 7 heteroatoms. The van der Waals surface area contributed by atoms with Crippen LogP contribution in [0.3, 0.4) is 0 Å². The third kappa shape index (κ3) is 3.11. The SMILES string of the molecule is CCOC(=O)c1nnc(Sc2ccccc2C#N)o1. The van der Waals surface area contributed by atoms with E-state index in [1.165, 1.54) is 0 Å². The third-order valence-corrected chi connectivity index (χ3v) is 2.98. The van der Waals surface area contributed by atoms with Crippen molar-refractivity contribution in [3.8, 4) is 6.07 Å². The molecule has 0 radical (unpaired) electrons. The number of hydrogen-bond donors (Lipinski definition) is 0. The maximum Gasteiger partial charge on any atom is 0.396 e. The molecular weight excluding hydrogens is 266 g/mol. The van der Waals surface area contributed by atoms with Gasteiger partial charge in [0.15, 0.2) is 0 Å². The monoisotopic (exact) mass is 275 g/mol. The Balaban J connectivity index is 2.16. The van der Waals surface area contributed by atoms with E-state index in [1.54, 1.807) is 31.2 Å². The van der Waals surface area contributed by atoms with Crippen LogP contribution in [0.4, 0.5) is 0 Å². The Morgan fingerprint density at radius 2 is 2.26 bits per heavy atom. The standard InChI is InChI=1S/C12H9N3O3S/c1-2-17-11(16)10-14-15-12(18-10)19-9-6-4-3-5-8(9)7-13/h3-6H,2H2,1H3. The van der Waals surface area contributed by atoms with Gasteiger partial charge in [-0.3, -0.25) is 0 Å². The summed E-state index contributed by atoms with van der Waals surface area (Å²) < 4.78 is 9.90. The van der Waals surface area contributed by atoms with Gasteiger partial charge in [0.2, 0.25) is 0 Å². The van der Waals surface area contributed by atoms with Crippen molar-refractivity contribution >= 4 is 17.7 Å². The molecule has 0 saturated heterocycles. The van der Waals surface area contributed by atoms with Gasteiger partial charge in [0, 0.05) is 4.90 Å². The molecule has 0 aliphatic heterocycles. The van der Waals surface area contributed by atoms with E-state index in [9.17, 15) is 4.79 Å². The first kappa shape index (κ1) is 13.1. The first-order valence-electron chi connectivity index (χ1n) is 5.42. The average molecular weight is 275 g/mol. The van der Waals surface area contributed by atoms with Crippen LogP contribution in [0, 0.1) is 11.3 Å². The van der Waals surface area contributed by atoms with Crippen molar-refractivity contribution in [2.45, 2.75) is 17.0 Å². The molecule has 1 heterocycles. The van der Waals surface area contributed by atoms with Crippen molar-refractivity contribution in [2.24, 2.45) is 0 Å². The summed E-state index contributed by atoms with van der Waals surface area (Å²) >= 11 is 1.12. The Bertz CT molecular complexity index is 633. The number of rotatable bonds is 4. The van der Waals surface area contributed by atoms with Crippen molar-refractivity contribution in [3.05, 3.63) is 35.7 Å². The maximum atomic E-state index is 11.4. The quantitative estimate of drug-likeness (QED) is 0.790. The van der Waals surface area contributed by atoms with Crippen LogP contribution in [-0.2, 0) is 4.74 Å². The van der Waals surface area contributed by atoms with Crippen LogP contribution in [0.25, 0.3) is 0 Å². The van der Waals surface area contributed by atoms with Gasteiger partial charge in [-0.25, -0.2) is 4.79 Å². The number of benzene rings is 1. The molecule has 0 spiro atoms. The summed E-state index contributed by atoms with van der Waals surface area (Å²) in [5, 5.41) is 16.5. The van der Waals surface area contributed by atoms with Gasteiger partial charge in [0.05, 0.1) is 12.2 Å². The van der Waals surface area contributed by atoms with Crippen LogP contribution in [0.2, 0.25) is 0 Å². The molecule has 0 atom stereocenters. The number of hydrogen-bond acceptors (Lipinski definition) is 7. The Hall–Kier alpha value is -2.33. The molecule has 6 nitrogen and oxygen atoms in total. The van der Waals surface area contributed by atoms with Crippen molar-refractivity contribution in [1.29, 1.82) is 5.26 Å². The normalized spacial score (nSPS) is 9.89. The fraction of sp³-hybridized carbons (Fsp3) is 0.167. The van der Waals surface area contributed by atoms with Gasteiger partial charge in [-0.05, 0) is 30.8 Å². The van der Waals surface area contributed by atoms with Crippen molar-refractivity contribution in [1.82, 2.24) is 10.2 Å². The van der Waals surface area contributed by atoms with Crippen LogP contribution < -0.4 is 0 Å². The van der Waals surface area contributed by atoms with Crippen LogP contribution in [0.1, 0.15) is 23.2 Å². The van der Waals surface area contributed by atoms with E-state index >= 15 is 0 Å². The smallest absolute Gasteiger partial charge is 0.396 e. The van der Waals surface area contributed by atoms with E-state index in [4.69, 9.17) is 14.4 Å². The largest absolute Gasteiger partial charge is 0.459 e. The van der Waals surface area contributed by atoms with E-state index in [0.717, 1.165) is 11.8 Å². The molecule has 0 amide bonds. The summed E-state index contributed by atoms with van der Waals surface area (Å²) in [5.74, 6) is -0.853. The highest BCUT2D eigenvalue weighted by atomic mass is 32.2. The summed E-state index contributed by atoms with van der Waals surface area (Å²) in [5.41, 5.74) is 0.503. The topological polar surface area (TPSA) is 89.0 Å². The van der Waals surface area contributed by atoms with Crippen LogP contribution in [0.5, 0.6) is 0 Å². The lowest BCUT2D eigenvalue weighted by Gasteiger charge is -1.98. The van der Waals surface area contributed by atoms with Crippen LogP contribution >= 0.6 is 11.8 Å². The second kappa shape index (κ2) is 6.02. The van der Waals surface area contributed by atoms with Gasteiger partial charge < -0.3 is 9.15 Å². The van der Waals surface area contributed by atoms with Crippen molar-refractivity contribution in [2.75, 3.05) is 6.61 Å². The van der Waals surface area contributed by atoms with Gasteiger partial charge in [0.25, 0.3) is 5.22 Å². The fourth-order valence-corrected chi connectivity index (χ4v) is 2.03. The molecule has 0 unspecified atom stereocenters. The van der Waals surface area contributed by atoms with E-state index in [-0.39, 0.29) is 17.7 Å². The Kier molecular flexibility index (Phi) is 4.15. The number of carbonyl (C=O) groups is 1. The Morgan fingerprint density at radius 3 is 3.00 bits per heavy atom. The minimum Gasteiger partial charge on any atom is -0.459 e. The average Bonchev–Trinajstić information content (AvgIpc) is 2.88. The molecule has 1 aromatic carbocycles. The Morgan fingerprint density at radius 1 is 1.47 bits per heavy atom. The molecule has 19 heavy (non-hydrogen) atoms. The van der Waals surface area contributed by atoms with Crippen LogP contribution in [0.15, 0.2) is 38.8 Å². The molecule has 1 aromatic heterocycles. The first-order chi connectivity index (χ1) is 9.24.